The summed E-state index contributed by atoms with van der Waals surface area (Å²) in [5, 5.41) is 8.44. The van der Waals surface area contributed by atoms with E-state index in [4.69, 9.17) is 0 Å². The van der Waals surface area contributed by atoms with Gasteiger partial charge in [-0.05, 0) is 31.4 Å². The average molecular weight is 352 g/mol. The van der Waals surface area contributed by atoms with Gasteiger partial charge in [0.05, 0.1) is 16.8 Å². The van der Waals surface area contributed by atoms with Crippen molar-refractivity contribution in [3.63, 3.8) is 0 Å². The number of aromatic amines is 1. The minimum atomic E-state index is 0.810. The van der Waals surface area contributed by atoms with Crippen LogP contribution in [0, 0.1) is 13.8 Å². The fraction of sp³-hybridized carbons (Fsp3) is 0.111. The molecule has 0 atom stereocenters. The fourth-order valence-corrected chi connectivity index (χ4v) is 4.32. The Morgan fingerprint density at radius 2 is 2.04 bits per heavy atom. The molecule has 0 saturated heterocycles. The number of fused-ring (bicyclic) bond motifs is 1. The predicted molar refractivity (Wildman–Crippen MR) is 104 cm³/mol. The van der Waals surface area contributed by atoms with Gasteiger partial charge in [-0.2, -0.15) is 5.10 Å². The van der Waals surface area contributed by atoms with Crippen LogP contribution < -0.4 is 5.43 Å². The molecule has 6 heteroatoms. The third-order valence-electron chi connectivity index (χ3n) is 3.85. The van der Waals surface area contributed by atoms with Crippen molar-refractivity contribution in [2.75, 3.05) is 5.43 Å². The second kappa shape index (κ2) is 6.22. The number of para-hydroxylation sites is 1. The highest BCUT2D eigenvalue weighted by molar-refractivity contribution is 7.17. The molecule has 0 amide bonds. The Morgan fingerprint density at radius 3 is 2.88 bits per heavy atom. The van der Waals surface area contributed by atoms with E-state index in [0.717, 1.165) is 27.6 Å². The van der Waals surface area contributed by atoms with Crippen LogP contribution in [-0.2, 0) is 0 Å². The summed E-state index contributed by atoms with van der Waals surface area (Å²) in [4.78, 5) is 10.4. The summed E-state index contributed by atoms with van der Waals surface area (Å²) in [5.74, 6) is 0. The molecule has 4 aromatic rings. The summed E-state index contributed by atoms with van der Waals surface area (Å²) in [6, 6.07) is 12.4. The topological polar surface area (TPSA) is 53.1 Å². The molecule has 0 radical (unpaired) electrons. The van der Waals surface area contributed by atoms with Gasteiger partial charge >= 0.3 is 0 Å². The number of hydrogen-bond donors (Lipinski definition) is 2. The largest absolute Gasteiger partial charge is 0.358 e. The summed E-state index contributed by atoms with van der Waals surface area (Å²) in [6.07, 6.45) is 1.86. The molecular formula is C18H16N4S2. The number of aromatic nitrogens is 2. The van der Waals surface area contributed by atoms with Gasteiger partial charge in [-0.25, -0.2) is 4.98 Å². The molecule has 0 unspecified atom stereocenters. The Bertz CT molecular complexity index is 1010. The molecule has 120 valence electrons. The van der Waals surface area contributed by atoms with E-state index in [9.17, 15) is 0 Å². The molecule has 0 fully saturated rings. The van der Waals surface area contributed by atoms with E-state index >= 15 is 0 Å². The van der Waals surface area contributed by atoms with Crippen molar-refractivity contribution in [1.82, 2.24) is 9.97 Å². The monoisotopic (exact) mass is 352 g/mol. The third-order valence-corrected chi connectivity index (χ3v) is 5.60. The number of benzene rings is 1. The number of rotatable bonds is 4. The van der Waals surface area contributed by atoms with Crippen LogP contribution in [0.1, 0.15) is 16.1 Å². The Morgan fingerprint density at radius 1 is 1.17 bits per heavy atom. The number of H-pyrrole nitrogens is 1. The van der Waals surface area contributed by atoms with Crippen LogP contribution in [0.5, 0.6) is 0 Å². The molecule has 0 aliphatic rings. The van der Waals surface area contributed by atoms with Crippen molar-refractivity contribution < 1.29 is 0 Å². The molecule has 0 saturated carbocycles. The van der Waals surface area contributed by atoms with Crippen LogP contribution in [-0.4, -0.2) is 16.2 Å². The van der Waals surface area contributed by atoms with Gasteiger partial charge in [-0.1, -0.05) is 24.3 Å². The Hall–Kier alpha value is -2.44. The van der Waals surface area contributed by atoms with E-state index in [0.29, 0.717) is 0 Å². The summed E-state index contributed by atoms with van der Waals surface area (Å²) in [5.41, 5.74) is 7.44. The van der Waals surface area contributed by atoms with Crippen LogP contribution in [0.15, 0.2) is 46.9 Å². The highest BCUT2D eigenvalue weighted by atomic mass is 32.1. The number of thiophene rings is 1. The molecule has 0 aliphatic heterocycles. The number of anilines is 1. The number of hydrazone groups is 1. The van der Waals surface area contributed by atoms with Gasteiger partial charge in [0.25, 0.3) is 0 Å². The third kappa shape index (κ3) is 2.74. The zero-order chi connectivity index (χ0) is 16.5. The van der Waals surface area contributed by atoms with E-state index in [-0.39, 0.29) is 0 Å². The number of thiazole rings is 1. The van der Waals surface area contributed by atoms with Gasteiger partial charge in [0.15, 0.2) is 0 Å². The van der Waals surface area contributed by atoms with Gasteiger partial charge in [-0.3, -0.25) is 5.43 Å². The molecule has 4 rings (SSSR count). The number of nitrogens with one attached hydrogen (secondary N) is 2. The van der Waals surface area contributed by atoms with Crippen molar-refractivity contribution in [2.24, 2.45) is 5.10 Å². The quantitative estimate of drug-likeness (QED) is 0.381. The van der Waals surface area contributed by atoms with Crippen LogP contribution >= 0.6 is 22.7 Å². The predicted octanol–water partition coefficient (Wildman–Crippen LogP) is 5.42. The van der Waals surface area contributed by atoms with E-state index < -0.39 is 0 Å². The lowest BCUT2D eigenvalue weighted by molar-refractivity contribution is 1.27. The second-order valence-electron chi connectivity index (χ2n) is 5.48. The van der Waals surface area contributed by atoms with Gasteiger partial charge in [0.2, 0.25) is 5.13 Å². The van der Waals surface area contributed by atoms with E-state index in [2.05, 4.69) is 57.9 Å². The van der Waals surface area contributed by atoms with Crippen molar-refractivity contribution in [3.05, 3.63) is 57.9 Å². The molecule has 2 N–H and O–H groups in total. The van der Waals surface area contributed by atoms with Crippen LogP contribution in [0.2, 0.25) is 0 Å². The molecule has 24 heavy (non-hydrogen) atoms. The van der Waals surface area contributed by atoms with Crippen LogP contribution in [0.4, 0.5) is 5.13 Å². The van der Waals surface area contributed by atoms with Crippen molar-refractivity contribution >= 4 is 44.9 Å². The van der Waals surface area contributed by atoms with Crippen LogP contribution in [0.25, 0.3) is 21.5 Å². The Kier molecular flexibility index (Phi) is 3.92. The lowest BCUT2D eigenvalue weighted by atomic mass is 10.1. The SMILES string of the molecule is Cc1[nH]c2ccccc2c1/C=N\Nc1nc(-c2cccs2)c(C)s1. The van der Waals surface area contributed by atoms with Crippen LogP contribution in [0.3, 0.4) is 0 Å². The van der Waals surface area contributed by atoms with E-state index in [1.54, 1.807) is 22.7 Å². The van der Waals surface area contributed by atoms with Crippen molar-refractivity contribution in [1.29, 1.82) is 0 Å². The first kappa shape index (κ1) is 15.1. The molecule has 0 spiro atoms. The fourth-order valence-electron chi connectivity index (χ4n) is 2.70. The zero-order valence-electron chi connectivity index (χ0n) is 13.3. The van der Waals surface area contributed by atoms with E-state index in [1.807, 2.05) is 24.4 Å². The first-order valence-corrected chi connectivity index (χ1v) is 9.29. The summed E-state index contributed by atoms with van der Waals surface area (Å²) in [6.45, 7) is 4.15. The van der Waals surface area contributed by atoms with Gasteiger partial charge in [-0.15, -0.1) is 22.7 Å². The maximum absolute atomic E-state index is 4.65. The highest BCUT2D eigenvalue weighted by Crippen LogP contribution is 2.32. The number of hydrogen-bond acceptors (Lipinski definition) is 5. The van der Waals surface area contributed by atoms with Gasteiger partial charge in [0, 0.05) is 27.0 Å². The first-order chi connectivity index (χ1) is 11.7. The molecule has 0 bridgehead atoms. The summed E-state index contributed by atoms with van der Waals surface area (Å²) in [7, 11) is 0. The Labute approximate surface area is 147 Å². The molecular weight excluding hydrogens is 336 g/mol. The minimum absolute atomic E-state index is 0.810. The minimum Gasteiger partial charge on any atom is -0.358 e. The summed E-state index contributed by atoms with van der Waals surface area (Å²) < 4.78 is 0. The number of aryl methyl sites for hydroxylation is 2. The molecule has 3 aromatic heterocycles. The maximum Gasteiger partial charge on any atom is 0.204 e. The van der Waals surface area contributed by atoms with Crippen molar-refractivity contribution in [2.45, 2.75) is 13.8 Å². The van der Waals surface area contributed by atoms with Gasteiger partial charge in [0.1, 0.15) is 0 Å². The smallest absolute Gasteiger partial charge is 0.204 e. The van der Waals surface area contributed by atoms with Gasteiger partial charge < -0.3 is 4.98 Å². The van der Waals surface area contributed by atoms with Crippen molar-refractivity contribution in [3.8, 4) is 10.6 Å². The highest BCUT2D eigenvalue weighted by Gasteiger charge is 2.10. The molecule has 4 nitrogen and oxygen atoms in total. The van der Waals surface area contributed by atoms with E-state index in [1.165, 1.54) is 15.1 Å². The maximum atomic E-state index is 4.65. The lowest BCUT2D eigenvalue weighted by Crippen LogP contribution is -1.91. The molecule has 0 aliphatic carbocycles. The zero-order valence-corrected chi connectivity index (χ0v) is 15.0. The standard InChI is InChI=1S/C18H16N4S2/c1-11-14(13-6-3-4-7-15(13)20-11)10-19-22-18-21-17(12(2)24-18)16-8-5-9-23-16/h3-10,20H,1-2H3,(H,21,22)/b19-10-. The molecule has 1 aromatic carbocycles. The number of nitrogens with zero attached hydrogens (tertiary/aromatic N) is 2. The normalized spacial score (nSPS) is 11.6. The summed E-state index contributed by atoms with van der Waals surface area (Å²) >= 11 is 3.32. The lowest BCUT2D eigenvalue weighted by Gasteiger charge is -1.95. The second-order valence-corrected chi connectivity index (χ2v) is 7.63. The average Bonchev–Trinajstić information content (AvgIpc) is 3.27. The molecule has 3 heterocycles. The Balaban J connectivity index is 1.57. The first-order valence-electron chi connectivity index (χ1n) is 7.60.